The highest BCUT2D eigenvalue weighted by molar-refractivity contribution is 5.99. The number of nitrogens with zero attached hydrogens (tertiary/aromatic N) is 5. The number of halogens is 1. The van der Waals surface area contributed by atoms with E-state index >= 15 is 0 Å². The van der Waals surface area contributed by atoms with E-state index in [0.717, 1.165) is 18.4 Å². The van der Waals surface area contributed by atoms with Crippen LogP contribution in [0.3, 0.4) is 0 Å². The van der Waals surface area contributed by atoms with E-state index in [1.54, 1.807) is 36.9 Å². The Bertz CT molecular complexity index is 1880. The number of aromatic nitrogens is 5. The van der Waals surface area contributed by atoms with Gasteiger partial charge in [-0.2, -0.15) is 0 Å². The molecule has 10 nitrogen and oxygen atoms in total. The molecule has 0 saturated heterocycles. The van der Waals surface area contributed by atoms with Gasteiger partial charge >= 0.3 is 0 Å². The fourth-order valence-electron chi connectivity index (χ4n) is 5.98. The first-order valence-electron chi connectivity index (χ1n) is 14.0. The minimum atomic E-state index is -1.36. The average Bonchev–Trinajstić information content (AvgIpc) is 3.62. The number of primary amides is 1. The summed E-state index contributed by atoms with van der Waals surface area (Å²) in [5.41, 5.74) is 7.50. The van der Waals surface area contributed by atoms with Crippen molar-refractivity contribution in [1.82, 2.24) is 24.7 Å². The van der Waals surface area contributed by atoms with Crippen molar-refractivity contribution < 1.29 is 23.8 Å². The summed E-state index contributed by atoms with van der Waals surface area (Å²) in [6, 6.07) is 14.9. The summed E-state index contributed by atoms with van der Waals surface area (Å²) in [6.07, 6.45) is 5.13. The van der Waals surface area contributed by atoms with Crippen LogP contribution in [0.25, 0.3) is 22.2 Å². The number of methoxy groups -OCH3 is 1. The summed E-state index contributed by atoms with van der Waals surface area (Å²) in [4.78, 5) is 21.7. The molecule has 3 N–H and O–H groups in total. The standard InChI is InChI=1S/C32H29FN6O4/c1-31(39-16-35-36-17-39)15-43-29-24(31)13-26(38-28(29)18-3-8-22(33)9-4-18)32(41,21-6-7-21)14-23-10-5-19-11-20(30(34)40)12-25(42-2)27(19)37-23/h3-5,8-13,16-17,21,41H,6-7,14-15H2,1-2H3,(H2,34,40)/t31-,32-/m0/s1. The molecule has 2 atom stereocenters. The maximum Gasteiger partial charge on any atom is 0.248 e. The van der Waals surface area contributed by atoms with Gasteiger partial charge in [0.05, 0.1) is 12.8 Å². The Morgan fingerprint density at radius 2 is 1.88 bits per heavy atom. The second-order valence-corrected chi connectivity index (χ2v) is 11.5. The molecule has 2 aromatic carbocycles. The maximum absolute atomic E-state index is 13.9. The Balaban J connectivity index is 1.38. The molecule has 7 rings (SSSR count). The predicted octanol–water partition coefficient (Wildman–Crippen LogP) is 4.13. The molecule has 43 heavy (non-hydrogen) atoms. The van der Waals surface area contributed by atoms with Gasteiger partial charge < -0.3 is 24.9 Å². The van der Waals surface area contributed by atoms with Gasteiger partial charge in [-0.25, -0.2) is 14.4 Å². The van der Waals surface area contributed by atoms with E-state index in [2.05, 4.69) is 10.2 Å². The largest absolute Gasteiger partial charge is 0.494 e. The van der Waals surface area contributed by atoms with E-state index in [-0.39, 0.29) is 18.2 Å². The second kappa shape index (κ2) is 9.84. The third kappa shape index (κ3) is 4.47. The lowest BCUT2D eigenvalue weighted by Gasteiger charge is -2.30. The number of hydrogen-bond acceptors (Lipinski definition) is 8. The van der Waals surface area contributed by atoms with Crippen LogP contribution in [0.2, 0.25) is 0 Å². The highest BCUT2D eigenvalue weighted by Gasteiger charge is 2.49. The predicted molar refractivity (Wildman–Crippen MR) is 155 cm³/mol. The molecule has 1 aliphatic heterocycles. The first-order valence-corrected chi connectivity index (χ1v) is 14.0. The van der Waals surface area contributed by atoms with Crippen molar-refractivity contribution in [1.29, 1.82) is 0 Å². The Labute approximate surface area is 246 Å². The minimum absolute atomic E-state index is 0.0424. The molecule has 0 spiro atoms. The molecule has 1 aliphatic carbocycles. The summed E-state index contributed by atoms with van der Waals surface area (Å²) < 4.78 is 27.5. The van der Waals surface area contributed by atoms with Gasteiger partial charge in [0.15, 0.2) is 5.75 Å². The van der Waals surface area contributed by atoms with Crippen molar-refractivity contribution in [2.24, 2.45) is 11.7 Å². The van der Waals surface area contributed by atoms with Crippen molar-refractivity contribution in [3.63, 3.8) is 0 Å². The molecule has 0 bridgehead atoms. The molecular weight excluding hydrogens is 551 g/mol. The summed E-state index contributed by atoms with van der Waals surface area (Å²) in [5, 5.41) is 21.2. The van der Waals surface area contributed by atoms with Crippen LogP contribution in [-0.4, -0.2) is 49.5 Å². The zero-order valence-corrected chi connectivity index (χ0v) is 23.6. The maximum atomic E-state index is 13.9. The van der Waals surface area contributed by atoms with Gasteiger partial charge in [0.2, 0.25) is 5.91 Å². The first-order chi connectivity index (χ1) is 20.7. The zero-order valence-electron chi connectivity index (χ0n) is 23.6. The number of ether oxygens (including phenoxy) is 2. The van der Waals surface area contributed by atoms with E-state index < -0.39 is 17.0 Å². The Morgan fingerprint density at radius 1 is 1.14 bits per heavy atom. The normalized spacial score (nSPS) is 19.1. The van der Waals surface area contributed by atoms with Crippen LogP contribution in [0.5, 0.6) is 11.5 Å². The van der Waals surface area contributed by atoms with E-state index in [1.807, 2.05) is 29.7 Å². The van der Waals surface area contributed by atoms with Gasteiger partial charge in [-0.15, -0.1) is 10.2 Å². The Hall–Kier alpha value is -4.90. The van der Waals surface area contributed by atoms with Crippen LogP contribution in [0, 0.1) is 11.7 Å². The number of rotatable bonds is 8. The van der Waals surface area contributed by atoms with Gasteiger partial charge in [0.25, 0.3) is 0 Å². The van der Waals surface area contributed by atoms with Gasteiger partial charge in [0, 0.05) is 34.2 Å². The Kier molecular flexibility index (Phi) is 6.17. The SMILES string of the molecule is COc1cc(C(N)=O)cc2ccc(C[C@@](O)(c3cc4c(c(-c5ccc(F)cc5)n3)OC[C@]4(C)n3cnnc3)C3CC3)nc12. The van der Waals surface area contributed by atoms with E-state index in [0.29, 0.717) is 57.2 Å². The summed E-state index contributed by atoms with van der Waals surface area (Å²) >= 11 is 0. The Morgan fingerprint density at radius 3 is 2.56 bits per heavy atom. The molecule has 4 heterocycles. The van der Waals surface area contributed by atoms with E-state index in [9.17, 15) is 14.3 Å². The fourth-order valence-corrected chi connectivity index (χ4v) is 5.98. The number of nitrogens with two attached hydrogens (primary N) is 1. The third-order valence-corrected chi connectivity index (χ3v) is 8.62. The molecule has 2 aliphatic rings. The van der Waals surface area contributed by atoms with Crippen molar-refractivity contribution >= 4 is 16.8 Å². The third-order valence-electron chi connectivity index (χ3n) is 8.62. The van der Waals surface area contributed by atoms with E-state index in [4.69, 9.17) is 25.2 Å². The van der Waals surface area contributed by atoms with Gasteiger partial charge in [-0.05, 0) is 74.2 Å². The number of pyridine rings is 2. The lowest BCUT2D eigenvalue weighted by molar-refractivity contribution is 0.00795. The van der Waals surface area contributed by atoms with Crippen LogP contribution >= 0.6 is 0 Å². The first kappa shape index (κ1) is 27.0. The van der Waals surface area contributed by atoms with Gasteiger partial charge in [0.1, 0.15) is 53.2 Å². The number of carbonyl (C=O) groups excluding carboxylic acids is 1. The number of aliphatic hydroxyl groups is 1. The highest BCUT2D eigenvalue weighted by atomic mass is 19.1. The highest BCUT2D eigenvalue weighted by Crippen LogP contribution is 2.51. The molecule has 0 radical (unpaired) electrons. The van der Waals surface area contributed by atoms with Gasteiger partial charge in [-0.3, -0.25) is 4.79 Å². The molecule has 3 aromatic heterocycles. The average molecular weight is 581 g/mol. The number of hydrogen-bond donors (Lipinski definition) is 2. The van der Waals surface area contributed by atoms with Gasteiger partial charge in [-0.1, -0.05) is 6.07 Å². The van der Waals surface area contributed by atoms with Crippen LogP contribution in [0.1, 0.15) is 47.1 Å². The van der Waals surface area contributed by atoms with Crippen molar-refractivity contribution in [2.45, 2.75) is 37.3 Å². The number of benzene rings is 2. The van der Waals surface area contributed by atoms with Crippen molar-refractivity contribution in [3.8, 4) is 22.8 Å². The molecule has 11 heteroatoms. The van der Waals surface area contributed by atoms with E-state index in [1.165, 1.54) is 19.2 Å². The molecule has 1 fully saturated rings. The number of amides is 1. The lowest BCUT2D eigenvalue weighted by atomic mass is 9.84. The van der Waals surface area contributed by atoms with Crippen molar-refractivity contribution in [3.05, 3.63) is 95.6 Å². The molecule has 1 saturated carbocycles. The molecule has 5 aromatic rings. The van der Waals surface area contributed by atoms with Crippen LogP contribution < -0.4 is 15.2 Å². The topological polar surface area (TPSA) is 138 Å². The number of carbonyl (C=O) groups is 1. The lowest BCUT2D eigenvalue weighted by Crippen LogP contribution is -2.35. The molecule has 0 unspecified atom stereocenters. The summed E-state index contributed by atoms with van der Waals surface area (Å²) in [6.45, 7) is 2.33. The van der Waals surface area contributed by atoms with Crippen LogP contribution in [0.15, 0.2) is 67.3 Å². The molecule has 1 amide bonds. The smallest absolute Gasteiger partial charge is 0.248 e. The summed E-state index contributed by atoms with van der Waals surface area (Å²) in [5.74, 6) is 0.0264. The summed E-state index contributed by atoms with van der Waals surface area (Å²) in [7, 11) is 1.51. The molecule has 218 valence electrons. The monoisotopic (exact) mass is 580 g/mol. The van der Waals surface area contributed by atoms with Crippen LogP contribution in [0.4, 0.5) is 4.39 Å². The quantitative estimate of drug-likeness (QED) is 0.279. The number of fused-ring (bicyclic) bond motifs is 2. The zero-order chi connectivity index (χ0) is 29.9. The minimum Gasteiger partial charge on any atom is -0.494 e. The fraction of sp³-hybridized carbons (Fsp3) is 0.281. The molecular formula is C32H29FN6O4. The van der Waals surface area contributed by atoms with Crippen molar-refractivity contribution in [2.75, 3.05) is 13.7 Å². The van der Waals surface area contributed by atoms with Crippen LogP contribution in [-0.2, 0) is 17.6 Å². The second-order valence-electron chi connectivity index (χ2n) is 11.5.